The highest BCUT2D eigenvalue weighted by molar-refractivity contribution is 7.98. The van der Waals surface area contributed by atoms with Gasteiger partial charge in [0.2, 0.25) is 0 Å². The van der Waals surface area contributed by atoms with Crippen LogP contribution in [-0.2, 0) is 5.75 Å². The summed E-state index contributed by atoms with van der Waals surface area (Å²) in [4.78, 5) is 27.5. The number of aryl methyl sites for hydroxylation is 2. The number of fused-ring (bicyclic) bond motifs is 2. The molecule has 1 aromatic carbocycles. The number of thioether (sulfide) groups is 1. The molecule has 0 aliphatic heterocycles. The molecule has 120 valence electrons. The number of benzene rings is 1. The first-order valence-electron chi connectivity index (χ1n) is 7.43. The summed E-state index contributed by atoms with van der Waals surface area (Å²) in [6.07, 6.45) is 3.10. The van der Waals surface area contributed by atoms with Gasteiger partial charge in [0, 0.05) is 17.2 Å². The molecular formula is C17H14N4O2S. The Morgan fingerprint density at radius 1 is 1.21 bits per heavy atom. The number of hydrogen-bond donors (Lipinski definition) is 1. The normalized spacial score (nSPS) is 11.4. The first-order chi connectivity index (χ1) is 11.6. The minimum Gasteiger partial charge on any atom is -0.422 e. The van der Waals surface area contributed by atoms with Crippen LogP contribution in [0.1, 0.15) is 16.7 Å². The van der Waals surface area contributed by atoms with Crippen LogP contribution < -0.4 is 5.63 Å². The molecule has 1 N–H and O–H groups in total. The molecule has 0 aliphatic rings. The van der Waals surface area contributed by atoms with E-state index in [-0.39, 0.29) is 5.63 Å². The summed E-state index contributed by atoms with van der Waals surface area (Å²) in [6, 6.07) is 5.60. The number of imidazole rings is 1. The summed E-state index contributed by atoms with van der Waals surface area (Å²) >= 11 is 1.54. The number of hydrogen-bond acceptors (Lipinski definition) is 6. The van der Waals surface area contributed by atoms with E-state index in [1.165, 1.54) is 18.1 Å². The SMILES string of the molecule is Cc1ccc2c(CSc3ncnc4nc[nH]c34)cc(=O)oc2c1C. The monoisotopic (exact) mass is 338 g/mol. The van der Waals surface area contributed by atoms with E-state index in [9.17, 15) is 4.79 Å². The van der Waals surface area contributed by atoms with Crippen molar-refractivity contribution in [3.8, 4) is 0 Å². The molecule has 0 spiro atoms. The van der Waals surface area contributed by atoms with Gasteiger partial charge in [0.1, 0.15) is 22.5 Å². The Bertz CT molecular complexity index is 1120. The average molecular weight is 338 g/mol. The maximum atomic E-state index is 11.9. The van der Waals surface area contributed by atoms with Gasteiger partial charge in [-0.15, -0.1) is 0 Å². The Morgan fingerprint density at radius 2 is 2.08 bits per heavy atom. The van der Waals surface area contributed by atoms with Crippen molar-refractivity contribution in [3.05, 3.63) is 58.0 Å². The summed E-state index contributed by atoms with van der Waals surface area (Å²) in [5.74, 6) is 0.607. The molecule has 24 heavy (non-hydrogen) atoms. The highest BCUT2D eigenvalue weighted by Crippen LogP contribution is 2.29. The molecule has 7 heteroatoms. The molecule has 4 rings (SSSR count). The molecule has 0 radical (unpaired) electrons. The lowest BCUT2D eigenvalue weighted by Gasteiger charge is -2.08. The fourth-order valence-electron chi connectivity index (χ4n) is 2.64. The van der Waals surface area contributed by atoms with Crippen molar-refractivity contribution in [1.29, 1.82) is 0 Å². The highest BCUT2D eigenvalue weighted by Gasteiger charge is 2.12. The Labute approximate surface area is 141 Å². The van der Waals surface area contributed by atoms with Crippen LogP contribution in [-0.4, -0.2) is 19.9 Å². The Kier molecular flexibility index (Phi) is 3.57. The molecule has 3 aromatic heterocycles. The molecule has 0 atom stereocenters. The van der Waals surface area contributed by atoms with Crippen molar-refractivity contribution >= 4 is 33.9 Å². The second-order valence-electron chi connectivity index (χ2n) is 5.54. The molecular weight excluding hydrogens is 324 g/mol. The molecule has 0 unspecified atom stereocenters. The van der Waals surface area contributed by atoms with Crippen LogP contribution in [0.3, 0.4) is 0 Å². The zero-order chi connectivity index (χ0) is 16.7. The van der Waals surface area contributed by atoms with Gasteiger partial charge in [-0.25, -0.2) is 19.7 Å². The van der Waals surface area contributed by atoms with E-state index >= 15 is 0 Å². The van der Waals surface area contributed by atoms with Crippen molar-refractivity contribution in [2.45, 2.75) is 24.6 Å². The summed E-state index contributed by atoms with van der Waals surface area (Å²) in [5, 5.41) is 1.77. The number of rotatable bonds is 3. The first-order valence-corrected chi connectivity index (χ1v) is 8.42. The number of nitrogens with zero attached hydrogens (tertiary/aromatic N) is 3. The van der Waals surface area contributed by atoms with Crippen molar-refractivity contribution in [2.75, 3.05) is 0 Å². The second-order valence-corrected chi connectivity index (χ2v) is 6.51. The van der Waals surface area contributed by atoms with Crippen molar-refractivity contribution < 1.29 is 4.42 Å². The lowest BCUT2D eigenvalue weighted by atomic mass is 10.0. The van der Waals surface area contributed by atoms with Gasteiger partial charge in [-0.05, 0) is 30.5 Å². The highest BCUT2D eigenvalue weighted by atomic mass is 32.2. The van der Waals surface area contributed by atoms with Gasteiger partial charge in [-0.2, -0.15) is 0 Å². The Hall–Kier alpha value is -2.67. The summed E-state index contributed by atoms with van der Waals surface area (Å²) < 4.78 is 5.42. The van der Waals surface area contributed by atoms with Crippen molar-refractivity contribution in [1.82, 2.24) is 19.9 Å². The minimum atomic E-state index is -0.332. The van der Waals surface area contributed by atoms with Gasteiger partial charge >= 0.3 is 5.63 Å². The maximum Gasteiger partial charge on any atom is 0.336 e. The average Bonchev–Trinajstić information content (AvgIpc) is 3.05. The summed E-state index contributed by atoms with van der Waals surface area (Å²) in [7, 11) is 0. The largest absolute Gasteiger partial charge is 0.422 e. The third-order valence-corrected chi connectivity index (χ3v) is 5.11. The second kappa shape index (κ2) is 5.76. The van der Waals surface area contributed by atoms with E-state index in [1.54, 1.807) is 12.4 Å². The van der Waals surface area contributed by atoms with E-state index in [4.69, 9.17) is 4.42 Å². The van der Waals surface area contributed by atoms with Gasteiger partial charge < -0.3 is 9.40 Å². The van der Waals surface area contributed by atoms with Crippen LogP contribution in [0.5, 0.6) is 0 Å². The molecule has 0 saturated heterocycles. The smallest absolute Gasteiger partial charge is 0.336 e. The van der Waals surface area contributed by atoms with Gasteiger partial charge in [0.25, 0.3) is 0 Å². The Morgan fingerprint density at radius 3 is 2.96 bits per heavy atom. The van der Waals surface area contributed by atoms with Gasteiger partial charge in [0.15, 0.2) is 5.65 Å². The molecule has 0 bridgehead atoms. The van der Waals surface area contributed by atoms with Crippen LogP contribution in [0.15, 0.2) is 45.1 Å². The topological polar surface area (TPSA) is 84.7 Å². The standard InChI is InChI=1S/C17H14N4O2S/c1-9-3-4-12-11(5-13(22)23-15(12)10(9)2)6-24-17-14-16(19-7-18-14)20-8-21-17/h3-5,7-8H,6H2,1-2H3,(H,18,19,20,21). The van der Waals surface area contributed by atoms with Crippen molar-refractivity contribution in [2.24, 2.45) is 0 Å². The maximum absolute atomic E-state index is 11.9. The summed E-state index contributed by atoms with van der Waals surface area (Å²) in [6.45, 7) is 3.97. The molecule has 4 aromatic rings. The summed E-state index contributed by atoms with van der Waals surface area (Å²) in [5.41, 5.74) is 4.80. The molecule has 0 amide bonds. The molecule has 6 nitrogen and oxygen atoms in total. The predicted octanol–water partition coefficient (Wildman–Crippen LogP) is 3.37. The molecule has 0 saturated carbocycles. The first kappa shape index (κ1) is 14.9. The van der Waals surface area contributed by atoms with E-state index < -0.39 is 0 Å². The quantitative estimate of drug-likeness (QED) is 0.350. The third kappa shape index (κ3) is 2.46. The fraction of sp³-hybridized carbons (Fsp3) is 0.176. The molecule has 0 aliphatic carbocycles. The minimum absolute atomic E-state index is 0.332. The fourth-order valence-corrected chi connectivity index (χ4v) is 3.59. The Balaban J connectivity index is 1.76. The van der Waals surface area contributed by atoms with Gasteiger partial charge in [-0.3, -0.25) is 0 Å². The van der Waals surface area contributed by atoms with E-state index in [0.29, 0.717) is 17.0 Å². The molecule has 0 fully saturated rings. The van der Waals surface area contributed by atoms with Crippen LogP contribution in [0.2, 0.25) is 0 Å². The van der Waals surface area contributed by atoms with E-state index in [1.807, 2.05) is 26.0 Å². The van der Waals surface area contributed by atoms with E-state index in [2.05, 4.69) is 19.9 Å². The van der Waals surface area contributed by atoms with Crippen LogP contribution in [0.25, 0.3) is 22.1 Å². The van der Waals surface area contributed by atoms with E-state index in [0.717, 1.165) is 32.6 Å². The van der Waals surface area contributed by atoms with Crippen molar-refractivity contribution in [3.63, 3.8) is 0 Å². The lowest BCUT2D eigenvalue weighted by molar-refractivity contribution is 0.557. The van der Waals surface area contributed by atoms with Crippen LogP contribution >= 0.6 is 11.8 Å². The number of H-pyrrole nitrogens is 1. The number of aromatic nitrogens is 4. The van der Waals surface area contributed by atoms with Gasteiger partial charge in [-0.1, -0.05) is 23.9 Å². The van der Waals surface area contributed by atoms with Crippen LogP contribution in [0, 0.1) is 13.8 Å². The number of nitrogens with one attached hydrogen (secondary N) is 1. The lowest BCUT2D eigenvalue weighted by Crippen LogP contribution is -2.01. The zero-order valence-electron chi connectivity index (χ0n) is 13.2. The van der Waals surface area contributed by atoms with Crippen LogP contribution in [0.4, 0.5) is 0 Å². The molecule has 3 heterocycles. The van der Waals surface area contributed by atoms with Gasteiger partial charge in [0.05, 0.1) is 6.33 Å². The zero-order valence-corrected chi connectivity index (χ0v) is 14.0. The predicted molar refractivity (Wildman–Crippen MR) is 93.2 cm³/mol. The number of aromatic amines is 1. The third-order valence-electron chi connectivity index (χ3n) is 4.07.